The summed E-state index contributed by atoms with van der Waals surface area (Å²) in [5, 5.41) is 8.13. The molecule has 8 nitrogen and oxygen atoms in total. The van der Waals surface area contributed by atoms with E-state index in [0.717, 1.165) is 42.7 Å². The van der Waals surface area contributed by atoms with E-state index in [0.29, 0.717) is 25.2 Å². The maximum Gasteiger partial charge on any atom is 0.254 e. The lowest BCUT2D eigenvalue weighted by molar-refractivity contribution is -0.135. The van der Waals surface area contributed by atoms with Gasteiger partial charge in [-0.3, -0.25) is 14.3 Å². The van der Waals surface area contributed by atoms with Crippen molar-refractivity contribution in [2.75, 3.05) is 32.7 Å². The van der Waals surface area contributed by atoms with Crippen molar-refractivity contribution >= 4 is 22.8 Å². The van der Waals surface area contributed by atoms with E-state index in [-0.39, 0.29) is 17.9 Å². The molecule has 1 unspecified atom stereocenters. The van der Waals surface area contributed by atoms with Crippen molar-refractivity contribution in [1.82, 2.24) is 29.9 Å². The van der Waals surface area contributed by atoms with Crippen LogP contribution in [0.25, 0.3) is 11.0 Å². The highest BCUT2D eigenvalue weighted by atomic mass is 16.2. The number of piperazine rings is 1. The number of nitrogens with zero attached hydrogens (tertiary/aromatic N) is 5. The van der Waals surface area contributed by atoms with Crippen LogP contribution in [0.2, 0.25) is 0 Å². The van der Waals surface area contributed by atoms with Gasteiger partial charge in [-0.05, 0) is 25.8 Å². The van der Waals surface area contributed by atoms with Crippen LogP contribution >= 0.6 is 0 Å². The van der Waals surface area contributed by atoms with Gasteiger partial charge in [0.25, 0.3) is 5.91 Å². The monoisotopic (exact) mass is 356 g/mol. The highest BCUT2D eigenvalue weighted by Crippen LogP contribution is 2.23. The van der Waals surface area contributed by atoms with E-state index in [9.17, 15) is 9.59 Å². The number of likely N-dealkylation sites (tertiary alicyclic amines) is 1. The molecule has 0 radical (unpaired) electrons. The van der Waals surface area contributed by atoms with Crippen molar-refractivity contribution in [3.63, 3.8) is 0 Å². The Morgan fingerprint density at radius 1 is 1.35 bits per heavy atom. The molecule has 2 aromatic heterocycles. The van der Waals surface area contributed by atoms with Gasteiger partial charge in [-0.25, -0.2) is 4.98 Å². The van der Waals surface area contributed by atoms with Gasteiger partial charge in [-0.1, -0.05) is 0 Å². The summed E-state index contributed by atoms with van der Waals surface area (Å²) in [5.41, 5.74) is 2.17. The van der Waals surface area contributed by atoms with Crippen LogP contribution in [0.1, 0.15) is 28.9 Å². The summed E-state index contributed by atoms with van der Waals surface area (Å²) in [6.45, 7) is 5.13. The van der Waals surface area contributed by atoms with E-state index in [2.05, 4.69) is 15.4 Å². The van der Waals surface area contributed by atoms with Gasteiger partial charge < -0.3 is 15.1 Å². The predicted octanol–water partition coefficient (Wildman–Crippen LogP) is 0.313. The number of rotatable bonds is 2. The topological polar surface area (TPSA) is 83.4 Å². The summed E-state index contributed by atoms with van der Waals surface area (Å²) in [6.07, 6.45) is 3.57. The molecule has 138 valence electrons. The molecule has 2 aromatic rings. The standard InChI is InChI=1S/C18H24N6O2/c1-12-8-14(15-9-20-22(2)17(15)21-12)18(26)23-6-3-4-13(11-23)24-7-5-19-10-16(24)25/h8-9,13,19H,3-7,10-11H2,1-2H3. The maximum atomic E-state index is 13.2. The molecular weight excluding hydrogens is 332 g/mol. The number of nitrogens with one attached hydrogen (secondary N) is 1. The van der Waals surface area contributed by atoms with Crippen LogP contribution in [-0.4, -0.2) is 75.1 Å². The Labute approximate surface area is 152 Å². The number of hydrogen-bond donors (Lipinski definition) is 1. The lowest BCUT2D eigenvalue weighted by atomic mass is 10.0. The smallest absolute Gasteiger partial charge is 0.254 e. The first-order chi connectivity index (χ1) is 12.5. The van der Waals surface area contributed by atoms with E-state index in [1.54, 1.807) is 10.9 Å². The molecule has 0 bridgehead atoms. The van der Waals surface area contributed by atoms with Crippen molar-refractivity contribution in [3.05, 3.63) is 23.5 Å². The summed E-state index contributed by atoms with van der Waals surface area (Å²) in [7, 11) is 1.83. The minimum absolute atomic E-state index is 0.000725. The van der Waals surface area contributed by atoms with E-state index < -0.39 is 0 Å². The number of hydrogen-bond acceptors (Lipinski definition) is 5. The SMILES string of the molecule is Cc1cc(C(=O)N2CCCC(N3CCNCC3=O)C2)c2cnn(C)c2n1. The van der Waals surface area contributed by atoms with Crippen molar-refractivity contribution in [3.8, 4) is 0 Å². The number of fused-ring (bicyclic) bond motifs is 1. The van der Waals surface area contributed by atoms with Crippen LogP contribution in [0.4, 0.5) is 0 Å². The molecule has 0 aromatic carbocycles. The molecule has 2 fully saturated rings. The summed E-state index contributed by atoms with van der Waals surface area (Å²) >= 11 is 0. The highest BCUT2D eigenvalue weighted by Gasteiger charge is 2.32. The number of carbonyl (C=O) groups excluding carboxylic acids is 2. The van der Waals surface area contributed by atoms with Crippen LogP contribution in [-0.2, 0) is 11.8 Å². The van der Waals surface area contributed by atoms with Crippen LogP contribution in [0.3, 0.4) is 0 Å². The second kappa shape index (κ2) is 6.68. The second-order valence-corrected chi connectivity index (χ2v) is 7.13. The normalized spacial score (nSPS) is 21.5. The Morgan fingerprint density at radius 3 is 3.00 bits per heavy atom. The maximum absolute atomic E-state index is 13.2. The van der Waals surface area contributed by atoms with Gasteiger partial charge in [0.2, 0.25) is 5.91 Å². The Kier molecular flexibility index (Phi) is 4.36. The number of aryl methyl sites for hydroxylation is 2. The predicted molar refractivity (Wildman–Crippen MR) is 96.8 cm³/mol. The van der Waals surface area contributed by atoms with Gasteiger partial charge in [0.15, 0.2) is 5.65 Å². The molecule has 4 rings (SSSR count). The minimum atomic E-state index is 0.000725. The van der Waals surface area contributed by atoms with Crippen LogP contribution in [0, 0.1) is 6.92 Å². The van der Waals surface area contributed by atoms with Gasteiger partial charge in [0.05, 0.1) is 23.7 Å². The van der Waals surface area contributed by atoms with E-state index >= 15 is 0 Å². The Balaban J connectivity index is 1.59. The summed E-state index contributed by atoms with van der Waals surface area (Å²) in [4.78, 5) is 33.7. The molecule has 0 aliphatic carbocycles. The molecule has 0 spiro atoms. The molecular formula is C18H24N6O2. The zero-order chi connectivity index (χ0) is 18.3. The van der Waals surface area contributed by atoms with Gasteiger partial charge in [0.1, 0.15) is 0 Å². The molecule has 0 saturated carbocycles. The first kappa shape index (κ1) is 17.0. The first-order valence-electron chi connectivity index (χ1n) is 9.13. The number of pyridine rings is 1. The Bertz CT molecular complexity index is 861. The van der Waals surface area contributed by atoms with E-state index in [1.807, 2.05) is 29.8 Å². The lowest BCUT2D eigenvalue weighted by Gasteiger charge is -2.41. The molecule has 26 heavy (non-hydrogen) atoms. The zero-order valence-electron chi connectivity index (χ0n) is 15.2. The quantitative estimate of drug-likeness (QED) is 0.838. The molecule has 2 saturated heterocycles. The molecule has 2 amide bonds. The molecule has 8 heteroatoms. The summed E-state index contributed by atoms with van der Waals surface area (Å²) < 4.78 is 1.69. The minimum Gasteiger partial charge on any atom is -0.337 e. The van der Waals surface area contributed by atoms with Crippen molar-refractivity contribution in [2.24, 2.45) is 7.05 Å². The summed E-state index contributed by atoms with van der Waals surface area (Å²) in [5.74, 6) is 0.130. The third kappa shape index (κ3) is 2.94. The van der Waals surface area contributed by atoms with Crippen molar-refractivity contribution in [2.45, 2.75) is 25.8 Å². The van der Waals surface area contributed by atoms with Gasteiger partial charge in [-0.15, -0.1) is 0 Å². The number of carbonyl (C=O) groups is 2. The fourth-order valence-corrected chi connectivity index (χ4v) is 3.99. The third-order valence-corrected chi connectivity index (χ3v) is 5.31. The van der Waals surface area contributed by atoms with Gasteiger partial charge >= 0.3 is 0 Å². The van der Waals surface area contributed by atoms with Crippen molar-refractivity contribution in [1.29, 1.82) is 0 Å². The molecule has 2 aliphatic heterocycles. The molecule has 4 heterocycles. The second-order valence-electron chi connectivity index (χ2n) is 7.13. The third-order valence-electron chi connectivity index (χ3n) is 5.31. The number of aromatic nitrogens is 3. The Hall–Kier alpha value is -2.48. The largest absolute Gasteiger partial charge is 0.337 e. The molecule has 1 N–H and O–H groups in total. The van der Waals surface area contributed by atoms with Crippen LogP contribution < -0.4 is 5.32 Å². The number of piperidine rings is 1. The fraction of sp³-hybridized carbons (Fsp3) is 0.556. The average Bonchev–Trinajstić information content (AvgIpc) is 3.02. The zero-order valence-corrected chi connectivity index (χ0v) is 15.2. The number of amides is 2. The van der Waals surface area contributed by atoms with Gasteiger partial charge in [-0.2, -0.15) is 5.10 Å². The van der Waals surface area contributed by atoms with Gasteiger partial charge in [0, 0.05) is 45.0 Å². The lowest BCUT2D eigenvalue weighted by Crippen LogP contribution is -2.57. The van der Waals surface area contributed by atoms with Crippen LogP contribution in [0.5, 0.6) is 0 Å². The van der Waals surface area contributed by atoms with E-state index in [4.69, 9.17) is 0 Å². The van der Waals surface area contributed by atoms with E-state index in [1.165, 1.54) is 0 Å². The Morgan fingerprint density at radius 2 is 2.19 bits per heavy atom. The molecule has 2 aliphatic rings. The average molecular weight is 356 g/mol. The fourth-order valence-electron chi connectivity index (χ4n) is 3.99. The van der Waals surface area contributed by atoms with Crippen molar-refractivity contribution < 1.29 is 9.59 Å². The molecule has 1 atom stereocenters. The van der Waals surface area contributed by atoms with Crippen LogP contribution in [0.15, 0.2) is 12.3 Å². The highest BCUT2D eigenvalue weighted by molar-refractivity contribution is 6.05. The summed E-state index contributed by atoms with van der Waals surface area (Å²) in [6, 6.07) is 1.95. The first-order valence-corrected chi connectivity index (χ1v) is 9.13.